The minimum atomic E-state index is -0.426. The number of rotatable bonds is 6. The van der Waals surface area contributed by atoms with Crippen LogP contribution < -0.4 is 10.2 Å². The SMILES string of the molecule is O=C(N/N=C/c1cc(Br)c(OCc2ccccc2Cl)c(Br)c1)c1cc2ccccc2o1. The van der Waals surface area contributed by atoms with E-state index in [0.29, 0.717) is 23.0 Å². The molecule has 0 bridgehead atoms. The van der Waals surface area contributed by atoms with Crippen molar-refractivity contribution in [2.45, 2.75) is 6.61 Å². The molecule has 156 valence electrons. The van der Waals surface area contributed by atoms with E-state index in [1.54, 1.807) is 12.1 Å². The molecule has 8 heteroatoms. The second-order valence-corrected chi connectivity index (χ2v) is 8.66. The van der Waals surface area contributed by atoms with Crippen LogP contribution in [0.1, 0.15) is 21.7 Å². The van der Waals surface area contributed by atoms with Crippen LogP contribution in [0.2, 0.25) is 5.02 Å². The molecule has 0 atom stereocenters. The molecule has 1 heterocycles. The number of furan rings is 1. The summed E-state index contributed by atoms with van der Waals surface area (Å²) in [6, 6.07) is 20.3. The normalized spacial score (nSPS) is 11.2. The minimum absolute atomic E-state index is 0.198. The van der Waals surface area contributed by atoms with E-state index in [4.69, 9.17) is 20.8 Å². The van der Waals surface area contributed by atoms with Crippen molar-refractivity contribution in [1.82, 2.24) is 5.43 Å². The van der Waals surface area contributed by atoms with Crippen molar-refractivity contribution in [2.75, 3.05) is 0 Å². The first-order valence-corrected chi connectivity index (χ1v) is 11.1. The average Bonchev–Trinajstić information content (AvgIpc) is 3.19. The standard InChI is InChI=1S/C23H15Br2ClN2O3/c24-17-9-14(10-18(25)22(17)30-13-16-6-1-3-7-19(16)26)12-27-28-23(29)21-11-15-5-2-4-8-20(15)31-21/h1-12H,13H2,(H,28,29)/b27-12+. The van der Waals surface area contributed by atoms with Crippen LogP contribution in [-0.2, 0) is 6.61 Å². The molecule has 0 aliphatic rings. The van der Waals surface area contributed by atoms with Gasteiger partial charge in [-0.2, -0.15) is 5.10 Å². The van der Waals surface area contributed by atoms with E-state index in [1.165, 1.54) is 6.21 Å². The summed E-state index contributed by atoms with van der Waals surface area (Å²) >= 11 is 13.2. The largest absolute Gasteiger partial charge is 0.486 e. The summed E-state index contributed by atoms with van der Waals surface area (Å²) < 4.78 is 12.9. The van der Waals surface area contributed by atoms with Crippen LogP contribution in [0.3, 0.4) is 0 Å². The van der Waals surface area contributed by atoms with Crippen molar-refractivity contribution in [3.8, 4) is 5.75 Å². The fraction of sp³-hybridized carbons (Fsp3) is 0.0435. The zero-order valence-corrected chi connectivity index (χ0v) is 19.9. The molecule has 1 aromatic heterocycles. The maximum Gasteiger partial charge on any atom is 0.307 e. The Bertz CT molecular complexity index is 1230. The Labute approximate surface area is 200 Å². The summed E-state index contributed by atoms with van der Waals surface area (Å²) in [5.74, 6) is 0.415. The first-order valence-electron chi connectivity index (χ1n) is 9.18. The van der Waals surface area contributed by atoms with Gasteiger partial charge in [-0.25, -0.2) is 5.43 Å². The molecular formula is C23H15Br2ClN2O3. The summed E-state index contributed by atoms with van der Waals surface area (Å²) in [5, 5.41) is 5.53. The van der Waals surface area contributed by atoms with Gasteiger partial charge in [0.25, 0.3) is 0 Å². The molecule has 0 saturated carbocycles. The lowest BCUT2D eigenvalue weighted by molar-refractivity contribution is 0.0929. The highest BCUT2D eigenvalue weighted by Gasteiger charge is 2.12. The van der Waals surface area contributed by atoms with Crippen LogP contribution in [0, 0.1) is 0 Å². The van der Waals surface area contributed by atoms with Gasteiger partial charge in [-0.3, -0.25) is 4.79 Å². The van der Waals surface area contributed by atoms with Crippen LogP contribution >= 0.6 is 43.5 Å². The van der Waals surface area contributed by atoms with Crippen molar-refractivity contribution in [3.63, 3.8) is 0 Å². The first-order chi connectivity index (χ1) is 15.0. The van der Waals surface area contributed by atoms with Crippen LogP contribution in [0.25, 0.3) is 11.0 Å². The summed E-state index contributed by atoms with van der Waals surface area (Å²) in [5.41, 5.74) is 4.77. The molecule has 1 N–H and O–H groups in total. The highest BCUT2D eigenvalue weighted by molar-refractivity contribution is 9.11. The monoisotopic (exact) mass is 560 g/mol. The average molecular weight is 563 g/mol. The van der Waals surface area contributed by atoms with E-state index in [2.05, 4.69) is 42.4 Å². The number of para-hydroxylation sites is 1. The van der Waals surface area contributed by atoms with Gasteiger partial charge >= 0.3 is 5.91 Å². The van der Waals surface area contributed by atoms with Gasteiger partial charge in [-0.1, -0.05) is 48.0 Å². The molecule has 0 fully saturated rings. The smallest absolute Gasteiger partial charge is 0.307 e. The minimum Gasteiger partial charge on any atom is -0.486 e. The van der Waals surface area contributed by atoms with Gasteiger partial charge in [0.2, 0.25) is 0 Å². The number of carbonyl (C=O) groups excluding carboxylic acids is 1. The van der Waals surface area contributed by atoms with Gasteiger partial charge in [0.15, 0.2) is 5.76 Å². The molecule has 0 spiro atoms. The predicted molar refractivity (Wildman–Crippen MR) is 129 cm³/mol. The number of amides is 1. The van der Waals surface area contributed by atoms with Gasteiger partial charge in [0.05, 0.1) is 15.2 Å². The fourth-order valence-corrected chi connectivity index (χ4v) is 4.51. The van der Waals surface area contributed by atoms with Crippen molar-refractivity contribution >= 4 is 66.6 Å². The first kappa shape index (κ1) is 21.6. The zero-order chi connectivity index (χ0) is 21.8. The summed E-state index contributed by atoms with van der Waals surface area (Å²) in [4.78, 5) is 12.3. The number of benzene rings is 3. The molecule has 31 heavy (non-hydrogen) atoms. The van der Waals surface area contributed by atoms with E-state index in [-0.39, 0.29) is 5.76 Å². The molecule has 3 aromatic carbocycles. The van der Waals surface area contributed by atoms with Gasteiger partial charge < -0.3 is 9.15 Å². The molecule has 0 radical (unpaired) electrons. The number of fused-ring (bicyclic) bond motifs is 1. The second kappa shape index (κ2) is 9.68. The molecule has 0 aliphatic carbocycles. The summed E-state index contributed by atoms with van der Waals surface area (Å²) in [6.07, 6.45) is 1.54. The Kier molecular flexibility index (Phi) is 6.75. The van der Waals surface area contributed by atoms with Crippen LogP contribution in [0.15, 0.2) is 85.2 Å². The van der Waals surface area contributed by atoms with Gasteiger partial charge in [-0.15, -0.1) is 0 Å². The molecule has 0 aliphatic heterocycles. The lowest BCUT2D eigenvalue weighted by atomic mass is 10.2. The number of hydrogen-bond donors (Lipinski definition) is 1. The number of ether oxygens (including phenoxy) is 1. The molecule has 1 amide bonds. The highest BCUT2D eigenvalue weighted by atomic mass is 79.9. The van der Waals surface area contributed by atoms with Crippen molar-refractivity contribution < 1.29 is 13.9 Å². The molecule has 5 nitrogen and oxygen atoms in total. The molecule has 0 unspecified atom stereocenters. The zero-order valence-electron chi connectivity index (χ0n) is 15.9. The maximum atomic E-state index is 12.3. The number of halogens is 3. The Morgan fingerprint density at radius 3 is 2.52 bits per heavy atom. The highest BCUT2D eigenvalue weighted by Crippen LogP contribution is 2.35. The van der Waals surface area contributed by atoms with Crippen molar-refractivity contribution in [2.24, 2.45) is 5.10 Å². The molecular weight excluding hydrogens is 548 g/mol. The third kappa shape index (κ3) is 5.18. The fourth-order valence-electron chi connectivity index (χ4n) is 2.87. The Morgan fingerprint density at radius 2 is 1.77 bits per heavy atom. The third-order valence-electron chi connectivity index (χ3n) is 4.38. The summed E-state index contributed by atoms with van der Waals surface area (Å²) in [7, 11) is 0. The Hall–Kier alpha value is -2.61. The van der Waals surface area contributed by atoms with Gasteiger partial charge in [0.1, 0.15) is 17.9 Å². The number of nitrogens with one attached hydrogen (secondary N) is 1. The van der Waals surface area contributed by atoms with Crippen molar-refractivity contribution in [1.29, 1.82) is 0 Å². The van der Waals surface area contributed by atoms with E-state index in [0.717, 1.165) is 25.5 Å². The third-order valence-corrected chi connectivity index (χ3v) is 5.93. The van der Waals surface area contributed by atoms with E-state index >= 15 is 0 Å². The summed E-state index contributed by atoms with van der Waals surface area (Å²) in [6.45, 7) is 0.331. The van der Waals surface area contributed by atoms with E-state index in [9.17, 15) is 4.79 Å². The molecule has 0 saturated heterocycles. The number of hydrazone groups is 1. The Morgan fingerprint density at radius 1 is 1.06 bits per heavy atom. The quantitative estimate of drug-likeness (QED) is 0.204. The van der Waals surface area contributed by atoms with E-state index in [1.807, 2.05) is 54.6 Å². The van der Waals surface area contributed by atoms with Crippen molar-refractivity contribution in [3.05, 3.63) is 97.6 Å². The lowest BCUT2D eigenvalue weighted by Crippen LogP contribution is -2.16. The lowest BCUT2D eigenvalue weighted by Gasteiger charge is -2.12. The predicted octanol–water partition coefficient (Wildman–Crippen LogP) is 6.95. The second-order valence-electron chi connectivity index (χ2n) is 6.54. The number of carbonyl (C=O) groups is 1. The van der Waals surface area contributed by atoms with Crippen LogP contribution in [0.4, 0.5) is 0 Å². The van der Waals surface area contributed by atoms with Crippen LogP contribution in [-0.4, -0.2) is 12.1 Å². The van der Waals surface area contributed by atoms with Gasteiger partial charge in [-0.05, 0) is 67.8 Å². The Balaban J connectivity index is 1.42. The molecule has 4 aromatic rings. The molecule has 4 rings (SSSR count). The van der Waals surface area contributed by atoms with Gasteiger partial charge in [0, 0.05) is 16.0 Å². The van der Waals surface area contributed by atoms with Crippen LogP contribution in [0.5, 0.6) is 5.75 Å². The number of nitrogens with zero attached hydrogens (tertiary/aromatic N) is 1. The maximum absolute atomic E-state index is 12.3. The topological polar surface area (TPSA) is 63.8 Å². The van der Waals surface area contributed by atoms with E-state index < -0.39 is 5.91 Å². The number of hydrogen-bond acceptors (Lipinski definition) is 4.